The first-order valence-corrected chi connectivity index (χ1v) is 12.1. The van der Waals surface area contributed by atoms with E-state index < -0.39 is 6.04 Å². The van der Waals surface area contributed by atoms with Crippen LogP contribution < -0.4 is 10.1 Å². The van der Waals surface area contributed by atoms with Gasteiger partial charge in [0.05, 0.1) is 4.47 Å². The van der Waals surface area contributed by atoms with Gasteiger partial charge in [0, 0.05) is 17.6 Å². The summed E-state index contributed by atoms with van der Waals surface area (Å²) in [7, 11) is 0. The Morgan fingerprint density at radius 1 is 1.12 bits per heavy atom. The molecule has 32 heavy (non-hydrogen) atoms. The second-order valence-corrected chi connectivity index (χ2v) is 9.50. The molecule has 1 N–H and O–H groups in total. The summed E-state index contributed by atoms with van der Waals surface area (Å²) in [6, 6.07) is 12.5. The maximum Gasteiger partial charge on any atom is 0.261 e. The molecule has 0 saturated carbocycles. The number of ether oxygens (including phenoxy) is 1. The van der Waals surface area contributed by atoms with Gasteiger partial charge in [-0.1, -0.05) is 56.6 Å². The van der Waals surface area contributed by atoms with Gasteiger partial charge in [-0.15, -0.1) is 0 Å². The molecule has 0 spiro atoms. The van der Waals surface area contributed by atoms with Crippen molar-refractivity contribution in [3.63, 3.8) is 0 Å². The minimum absolute atomic E-state index is 0.0221. The molecule has 5 nitrogen and oxygen atoms in total. The van der Waals surface area contributed by atoms with Crippen LogP contribution in [-0.4, -0.2) is 35.4 Å². The molecule has 2 rings (SSSR count). The fourth-order valence-electron chi connectivity index (χ4n) is 3.07. The van der Waals surface area contributed by atoms with E-state index in [9.17, 15) is 9.59 Å². The molecule has 0 saturated heterocycles. The molecule has 174 valence electrons. The zero-order chi connectivity index (χ0) is 23.8. The van der Waals surface area contributed by atoms with E-state index in [0.717, 1.165) is 16.5 Å². The van der Waals surface area contributed by atoms with E-state index in [-0.39, 0.29) is 31.0 Å². The van der Waals surface area contributed by atoms with Crippen molar-refractivity contribution >= 4 is 39.3 Å². The maximum absolute atomic E-state index is 13.2. The third-order valence-electron chi connectivity index (χ3n) is 5.44. The van der Waals surface area contributed by atoms with E-state index in [4.69, 9.17) is 16.3 Å². The largest absolute Gasteiger partial charge is 0.483 e. The Balaban J connectivity index is 2.19. The number of benzene rings is 2. The second kappa shape index (κ2) is 12.3. The zero-order valence-corrected chi connectivity index (χ0v) is 21.7. The predicted molar refractivity (Wildman–Crippen MR) is 133 cm³/mol. The summed E-state index contributed by atoms with van der Waals surface area (Å²) in [4.78, 5) is 27.5. The summed E-state index contributed by atoms with van der Waals surface area (Å²) in [5, 5.41) is 3.50. The molecule has 0 bridgehead atoms. The van der Waals surface area contributed by atoms with E-state index in [2.05, 4.69) is 35.1 Å². The second-order valence-electron chi connectivity index (χ2n) is 8.24. The molecule has 0 aliphatic carbocycles. The number of halogens is 2. The average molecular weight is 524 g/mol. The van der Waals surface area contributed by atoms with E-state index in [1.165, 1.54) is 10.5 Å². The summed E-state index contributed by atoms with van der Waals surface area (Å²) in [6.45, 7) is 9.91. The van der Waals surface area contributed by atoms with Crippen LogP contribution in [0, 0.1) is 0 Å². The highest BCUT2D eigenvalue weighted by molar-refractivity contribution is 9.10. The van der Waals surface area contributed by atoms with Gasteiger partial charge in [-0.3, -0.25) is 9.59 Å². The molecular formula is C25H32BrClN2O3. The van der Waals surface area contributed by atoms with Gasteiger partial charge in [0.1, 0.15) is 11.8 Å². The van der Waals surface area contributed by atoms with E-state index >= 15 is 0 Å². The lowest BCUT2D eigenvalue weighted by Crippen LogP contribution is -2.50. The molecule has 7 heteroatoms. The first-order valence-electron chi connectivity index (χ1n) is 10.9. The van der Waals surface area contributed by atoms with Crippen molar-refractivity contribution in [2.75, 3.05) is 6.61 Å². The Morgan fingerprint density at radius 2 is 1.81 bits per heavy atom. The summed E-state index contributed by atoms with van der Waals surface area (Å²) in [5.41, 5.74) is 1.94. The van der Waals surface area contributed by atoms with Gasteiger partial charge in [0.15, 0.2) is 6.61 Å². The van der Waals surface area contributed by atoms with Gasteiger partial charge in [-0.05, 0) is 71.4 Å². The SMILES string of the molecule is CCC(C)NC(=O)C(C)N(Cc1ccccc1Cl)C(=O)COc1ccc(C(C)C)cc1Br. The topological polar surface area (TPSA) is 58.6 Å². The number of nitrogens with one attached hydrogen (secondary N) is 1. The summed E-state index contributed by atoms with van der Waals surface area (Å²) < 4.78 is 6.60. The fourth-order valence-corrected chi connectivity index (χ4v) is 3.78. The zero-order valence-electron chi connectivity index (χ0n) is 19.3. The normalized spacial score (nSPS) is 12.9. The lowest BCUT2D eigenvalue weighted by molar-refractivity contribution is -0.142. The minimum atomic E-state index is -0.678. The van der Waals surface area contributed by atoms with Crippen molar-refractivity contribution in [3.05, 3.63) is 63.1 Å². The van der Waals surface area contributed by atoms with Crippen molar-refractivity contribution in [1.29, 1.82) is 0 Å². The highest BCUT2D eigenvalue weighted by Crippen LogP contribution is 2.29. The number of carbonyl (C=O) groups is 2. The molecule has 2 unspecified atom stereocenters. The maximum atomic E-state index is 13.2. The number of carbonyl (C=O) groups excluding carboxylic acids is 2. The van der Waals surface area contributed by atoms with Crippen molar-refractivity contribution in [2.45, 2.75) is 65.6 Å². The van der Waals surface area contributed by atoms with E-state index in [0.29, 0.717) is 16.7 Å². The molecule has 0 heterocycles. The van der Waals surface area contributed by atoms with Gasteiger partial charge < -0.3 is 15.0 Å². The van der Waals surface area contributed by atoms with Crippen LogP contribution in [0.4, 0.5) is 0 Å². The number of amides is 2. The standard InChI is InChI=1S/C25H32BrClN2O3/c1-6-17(4)28-25(31)18(5)29(14-20-9-7-8-10-22(20)27)24(30)15-32-23-12-11-19(16(2)3)13-21(23)26/h7-13,16-18H,6,14-15H2,1-5H3,(H,28,31). The average Bonchev–Trinajstić information content (AvgIpc) is 2.76. The first-order chi connectivity index (χ1) is 15.1. The Bertz CT molecular complexity index is 935. The minimum Gasteiger partial charge on any atom is -0.483 e. The monoisotopic (exact) mass is 522 g/mol. The summed E-state index contributed by atoms with van der Waals surface area (Å²) in [6.07, 6.45) is 0.806. The van der Waals surface area contributed by atoms with Gasteiger partial charge in [-0.25, -0.2) is 0 Å². The lowest BCUT2D eigenvalue weighted by Gasteiger charge is -2.30. The van der Waals surface area contributed by atoms with Crippen molar-refractivity contribution in [3.8, 4) is 5.75 Å². The number of rotatable bonds is 10. The molecule has 0 aliphatic heterocycles. The Labute approximate surface area is 204 Å². The molecule has 0 aromatic heterocycles. The quantitative estimate of drug-likeness (QED) is 0.419. The van der Waals surface area contributed by atoms with Gasteiger partial charge in [0.25, 0.3) is 5.91 Å². The Kier molecular flexibility index (Phi) is 10.0. The number of hydrogen-bond acceptors (Lipinski definition) is 3. The van der Waals surface area contributed by atoms with Crippen molar-refractivity contribution in [1.82, 2.24) is 10.2 Å². The van der Waals surface area contributed by atoms with Crippen LogP contribution in [0.3, 0.4) is 0 Å². The van der Waals surface area contributed by atoms with Crippen LogP contribution in [0.25, 0.3) is 0 Å². The molecule has 0 radical (unpaired) electrons. The molecule has 2 aromatic carbocycles. The Morgan fingerprint density at radius 3 is 2.41 bits per heavy atom. The molecule has 2 amide bonds. The van der Waals surface area contributed by atoms with Gasteiger partial charge in [0.2, 0.25) is 5.91 Å². The summed E-state index contributed by atoms with van der Waals surface area (Å²) in [5.74, 6) is 0.467. The molecule has 0 aliphatic rings. The highest BCUT2D eigenvalue weighted by atomic mass is 79.9. The van der Waals surface area contributed by atoms with Crippen LogP contribution in [0.15, 0.2) is 46.9 Å². The smallest absolute Gasteiger partial charge is 0.261 e. The van der Waals surface area contributed by atoms with Crippen LogP contribution >= 0.6 is 27.5 Å². The van der Waals surface area contributed by atoms with Crippen molar-refractivity contribution < 1.29 is 14.3 Å². The third kappa shape index (κ3) is 7.24. The molecule has 2 atom stereocenters. The predicted octanol–water partition coefficient (Wildman–Crippen LogP) is 5.94. The number of nitrogens with zero attached hydrogens (tertiary/aromatic N) is 1. The van der Waals surface area contributed by atoms with Gasteiger partial charge in [-0.2, -0.15) is 0 Å². The van der Waals surface area contributed by atoms with E-state index in [1.54, 1.807) is 13.0 Å². The lowest BCUT2D eigenvalue weighted by atomic mass is 10.0. The van der Waals surface area contributed by atoms with Crippen LogP contribution in [0.5, 0.6) is 5.75 Å². The van der Waals surface area contributed by atoms with Crippen LogP contribution in [0.1, 0.15) is 58.1 Å². The third-order valence-corrected chi connectivity index (χ3v) is 6.43. The number of hydrogen-bond donors (Lipinski definition) is 1. The molecule has 0 fully saturated rings. The summed E-state index contributed by atoms with van der Waals surface area (Å²) >= 11 is 9.84. The molecular weight excluding hydrogens is 492 g/mol. The first kappa shape index (κ1) is 26.2. The van der Waals surface area contributed by atoms with Crippen LogP contribution in [0.2, 0.25) is 5.02 Å². The van der Waals surface area contributed by atoms with Gasteiger partial charge >= 0.3 is 0 Å². The highest BCUT2D eigenvalue weighted by Gasteiger charge is 2.27. The van der Waals surface area contributed by atoms with Crippen molar-refractivity contribution in [2.24, 2.45) is 0 Å². The Hall–Kier alpha value is -2.05. The van der Waals surface area contributed by atoms with E-state index in [1.807, 2.05) is 50.2 Å². The molecule has 2 aromatic rings. The fraction of sp³-hybridized carbons (Fsp3) is 0.440. The van der Waals surface area contributed by atoms with Crippen LogP contribution in [-0.2, 0) is 16.1 Å².